The number of hydrogen-bond acceptors (Lipinski definition) is 5. The number of halogens is 1. The third kappa shape index (κ3) is 7.13. The fraction of sp³-hybridized carbons (Fsp3) is 0.769. The first kappa shape index (κ1) is 29.9. The van der Waals surface area contributed by atoms with E-state index in [0.29, 0.717) is 6.42 Å². The largest absolute Gasteiger partial charge is 0.444 e. The molecule has 0 radical (unpaired) electrons. The molecule has 1 aliphatic heterocycles. The van der Waals surface area contributed by atoms with Crippen LogP contribution < -0.4 is 0 Å². The number of alkyl halides is 1. The van der Waals surface area contributed by atoms with E-state index in [1.54, 1.807) is 30.7 Å². The quantitative estimate of drug-likeness (QED) is 0.379. The summed E-state index contributed by atoms with van der Waals surface area (Å²) in [5.41, 5.74) is -0.921. The molecule has 7 nitrogen and oxygen atoms in total. The van der Waals surface area contributed by atoms with Crippen LogP contribution in [0.4, 0.5) is 4.79 Å². The Morgan fingerprint density at radius 1 is 1.14 bits per heavy atom. The fourth-order valence-electron chi connectivity index (χ4n) is 4.33. The number of aliphatic hydroxyl groups is 1. The maximum absolute atomic E-state index is 13.5. The second kappa shape index (κ2) is 10.2. The van der Waals surface area contributed by atoms with Crippen molar-refractivity contribution in [1.82, 2.24) is 9.80 Å². The summed E-state index contributed by atoms with van der Waals surface area (Å²) in [6, 6.07) is -0.678. The van der Waals surface area contributed by atoms with Gasteiger partial charge in [-0.05, 0) is 54.9 Å². The molecule has 2 unspecified atom stereocenters. The Hall–Kier alpha value is -1.32. The number of hydrogen-bond donors (Lipinski definition) is 1. The van der Waals surface area contributed by atoms with Crippen LogP contribution in [-0.2, 0) is 14.2 Å². The molecule has 198 valence electrons. The van der Waals surface area contributed by atoms with Crippen molar-refractivity contribution in [3.63, 3.8) is 0 Å². The molecule has 1 saturated heterocycles. The van der Waals surface area contributed by atoms with Crippen molar-refractivity contribution < 1.29 is 24.1 Å². The number of ether oxygens (including phenoxy) is 1. The summed E-state index contributed by atoms with van der Waals surface area (Å²) in [5, 5.41) is 10.5. The van der Waals surface area contributed by atoms with Crippen molar-refractivity contribution in [2.24, 2.45) is 5.41 Å². The van der Waals surface area contributed by atoms with Gasteiger partial charge in [0.1, 0.15) is 17.8 Å². The van der Waals surface area contributed by atoms with Crippen LogP contribution in [0.15, 0.2) is 23.2 Å². The smallest absolute Gasteiger partial charge is 0.412 e. The summed E-state index contributed by atoms with van der Waals surface area (Å²) in [4.78, 5) is 30.3. The normalized spacial score (nSPS) is 24.4. The van der Waals surface area contributed by atoms with E-state index in [2.05, 4.69) is 28.1 Å². The van der Waals surface area contributed by atoms with Gasteiger partial charge in [-0.2, -0.15) is 0 Å². The van der Waals surface area contributed by atoms with E-state index in [1.807, 2.05) is 55.4 Å². The molecule has 2 amide bonds. The summed E-state index contributed by atoms with van der Waals surface area (Å²) in [5.74, 6) is -0.102. The van der Waals surface area contributed by atoms with Crippen LogP contribution in [0.2, 0.25) is 0 Å². The second-order valence-electron chi connectivity index (χ2n) is 12.8. The van der Waals surface area contributed by atoms with Gasteiger partial charge in [-0.25, -0.2) is 4.79 Å². The minimum atomic E-state index is -1.03. The van der Waals surface area contributed by atoms with Crippen LogP contribution in [0, 0.1) is 5.41 Å². The summed E-state index contributed by atoms with van der Waals surface area (Å²) >= 11 is 3.67. The zero-order valence-electron chi connectivity index (χ0n) is 23.4. The Morgan fingerprint density at radius 2 is 1.71 bits per heavy atom. The SMILES string of the molecule is CN1C(=O)[C@H](CC2=CCC(Br)C=C2BOC(C)(C)C(C)(C)O)N(C(=O)OC(C)(C)C)C1C(C)(C)C. The van der Waals surface area contributed by atoms with E-state index in [4.69, 9.17) is 9.39 Å². The number of carbonyl (C=O) groups is 2. The molecule has 1 fully saturated rings. The molecular weight excluding hydrogens is 511 g/mol. The lowest BCUT2D eigenvalue weighted by atomic mass is 9.74. The highest BCUT2D eigenvalue weighted by molar-refractivity contribution is 9.09. The Balaban J connectivity index is 2.38. The minimum Gasteiger partial charge on any atom is -0.444 e. The molecular formula is C26H44BBrN2O5. The molecule has 1 heterocycles. The standard InChI is InChI=1S/C26H44BBrN2O5/c1-23(2,3)21-29(11)20(31)19(30(21)22(32)34-24(4,5)6)14-16-12-13-17(28)15-18(16)27-35-26(9,10)25(7,8)33/h12,15,17,19,21,27,33H,13-14H2,1-11H3/t17?,19-,21?/m0/s1. The first-order valence-electron chi connectivity index (χ1n) is 12.3. The summed E-state index contributed by atoms with van der Waals surface area (Å²) in [7, 11) is 2.04. The minimum absolute atomic E-state index is 0.102. The Labute approximate surface area is 220 Å². The first-order valence-corrected chi connectivity index (χ1v) is 13.3. The molecule has 1 N–H and O–H groups in total. The number of rotatable bonds is 6. The average molecular weight is 555 g/mol. The zero-order valence-corrected chi connectivity index (χ0v) is 24.9. The van der Waals surface area contributed by atoms with Crippen LogP contribution in [0.25, 0.3) is 0 Å². The van der Waals surface area contributed by atoms with Crippen molar-refractivity contribution in [2.45, 2.75) is 116 Å². The lowest BCUT2D eigenvalue weighted by molar-refractivity contribution is -0.129. The van der Waals surface area contributed by atoms with E-state index < -0.39 is 35.1 Å². The van der Waals surface area contributed by atoms with Crippen LogP contribution >= 0.6 is 15.9 Å². The molecule has 2 rings (SSSR count). The molecule has 9 heteroatoms. The number of likely N-dealkylation sites (N-methyl/N-ethyl adjacent to an activating group) is 1. The molecule has 0 aromatic rings. The van der Waals surface area contributed by atoms with Gasteiger partial charge >= 0.3 is 13.6 Å². The molecule has 0 spiro atoms. The highest BCUT2D eigenvalue weighted by Crippen LogP contribution is 2.39. The Kier molecular flexibility index (Phi) is 8.73. The first-order chi connectivity index (χ1) is 15.7. The van der Waals surface area contributed by atoms with Crippen molar-refractivity contribution in [3.8, 4) is 0 Å². The number of carbonyl (C=O) groups excluding carboxylic acids is 2. The van der Waals surface area contributed by atoms with Crippen molar-refractivity contribution in [2.75, 3.05) is 7.05 Å². The van der Waals surface area contributed by atoms with Gasteiger partial charge in [-0.1, -0.05) is 59.9 Å². The Bertz CT molecular complexity index is 880. The van der Waals surface area contributed by atoms with Gasteiger partial charge in [-0.3, -0.25) is 9.69 Å². The molecule has 1 aliphatic carbocycles. The van der Waals surface area contributed by atoms with Gasteiger partial charge in [0, 0.05) is 23.7 Å². The summed E-state index contributed by atoms with van der Waals surface area (Å²) < 4.78 is 11.9. The van der Waals surface area contributed by atoms with Gasteiger partial charge in [-0.15, -0.1) is 0 Å². The maximum Gasteiger partial charge on any atom is 0.412 e. The predicted molar refractivity (Wildman–Crippen MR) is 145 cm³/mol. The van der Waals surface area contributed by atoms with Crippen molar-refractivity contribution in [3.05, 3.63) is 23.2 Å². The number of allylic oxidation sites excluding steroid dienone is 3. The van der Waals surface area contributed by atoms with E-state index in [0.717, 1.165) is 17.5 Å². The molecule has 0 bridgehead atoms. The molecule has 0 aromatic carbocycles. The predicted octanol–water partition coefficient (Wildman–Crippen LogP) is 4.72. The number of amides is 2. The van der Waals surface area contributed by atoms with Crippen LogP contribution in [0.1, 0.15) is 82.1 Å². The molecule has 2 aliphatic rings. The maximum atomic E-state index is 13.5. The number of nitrogens with zero attached hydrogens (tertiary/aromatic N) is 2. The van der Waals surface area contributed by atoms with Gasteiger partial charge in [0.05, 0.1) is 11.2 Å². The van der Waals surface area contributed by atoms with E-state index in [9.17, 15) is 14.7 Å². The average Bonchev–Trinajstić information content (AvgIpc) is 2.91. The lowest BCUT2D eigenvalue weighted by Crippen LogP contribution is -2.52. The van der Waals surface area contributed by atoms with E-state index in [-0.39, 0.29) is 23.6 Å². The monoisotopic (exact) mass is 554 g/mol. The zero-order chi connectivity index (χ0) is 27.1. The van der Waals surface area contributed by atoms with Crippen molar-refractivity contribution >= 4 is 35.4 Å². The van der Waals surface area contributed by atoms with Crippen molar-refractivity contribution in [1.29, 1.82) is 0 Å². The molecule has 0 saturated carbocycles. The second-order valence-corrected chi connectivity index (χ2v) is 14.0. The van der Waals surface area contributed by atoms with Crippen LogP contribution in [0.5, 0.6) is 0 Å². The summed E-state index contributed by atoms with van der Waals surface area (Å²) in [6.45, 7) is 18.7. The third-order valence-corrected chi connectivity index (χ3v) is 7.47. The molecule has 35 heavy (non-hydrogen) atoms. The van der Waals surface area contributed by atoms with Crippen LogP contribution in [-0.4, -0.2) is 75.3 Å². The Morgan fingerprint density at radius 3 is 2.20 bits per heavy atom. The highest BCUT2D eigenvalue weighted by Gasteiger charge is 2.52. The lowest BCUT2D eigenvalue weighted by Gasteiger charge is -2.39. The molecule has 0 aromatic heterocycles. The summed E-state index contributed by atoms with van der Waals surface area (Å²) in [6.07, 6.45) is 4.44. The third-order valence-electron chi connectivity index (χ3n) is 6.84. The van der Waals surface area contributed by atoms with Gasteiger partial charge < -0.3 is 19.4 Å². The van der Waals surface area contributed by atoms with Gasteiger partial charge in [0.25, 0.3) is 0 Å². The van der Waals surface area contributed by atoms with Crippen LogP contribution in [0.3, 0.4) is 0 Å². The van der Waals surface area contributed by atoms with E-state index in [1.165, 1.54) is 0 Å². The highest BCUT2D eigenvalue weighted by atomic mass is 79.9. The van der Waals surface area contributed by atoms with E-state index >= 15 is 0 Å². The van der Waals surface area contributed by atoms with Gasteiger partial charge in [0.15, 0.2) is 0 Å². The topological polar surface area (TPSA) is 79.3 Å². The molecule has 3 atom stereocenters. The fourth-order valence-corrected chi connectivity index (χ4v) is 4.84. The van der Waals surface area contributed by atoms with Gasteiger partial charge in [0.2, 0.25) is 5.91 Å².